The molecule has 1 aromatic heterocycles. The highest BCUT2D eigenvalue weighted by atomic mass is 19.4. The number of aromatic amines is 1. The fourth-order valence-corrected chi connectivity index (χ4v) is 2.36. The summed E-state index contributed by atoms with van der Waals surface area (Å²) in [6, 6.07) is 4.07. The van der Waals surface area contributed by atoms with Crippen molar-refractivity contribution in [2.24, 2.45) is 5.92 Å². The standard InChI is InChI=1S/C15H15F3N4O/c16-15(17,18)11-3-1-2-10(7-11)13(14-19-8-20-22-14)21-12(23)6-9-4-5-9/h1-3,7-9,13H,4-6H2,(H,21,23)(H,19,20,22)/t13-/m1/s1. The van der Waals surface area contributed by atoms with Gasteiger partial charge in [-0.05, 0) is 36.5 Å². The van der Waals surface area contributed by atoms with Gasteiger partial charge in [0.05, 0.1) is 5.56 Å². The second-order valence-electron chi connectivity index (χ2n) is 5.64. The van der Waals surface area contributed by atoms with Crippen molar-refractivity contribution in [1.29, 1.82) is 0 Å². The van der Waals surface area contributed by atoms with Gasteiger partial charge in [-0.2, -0.15) is 18.3 Å². The Kier molecular flexibility index (Phi) is 4.06. The van der Waals surface area contributed by atoms with Crippen LogP contribution in [0.3, 0.4) is 0 Å². The van der Waals surface area contributed by atoms with Crippen LogP contribution >= 0.6 is 0 Å². The average molecular weight is 324 g/mol. The van der Waals surface area contributed by atoms with Crippen molar-refractivity contribution in [3.8, 4) is 0 Å². The van der Waals surface area contributed by atoms with Crippen LogP contribution < -0.4 is 5.32 Å². The molecule has 2 N–H and O–H groups in total. The minimum atomic E-state index is -4.44. The van der Waals surface area contributed by atoms with Gasteiger partial charge in [0.2, 0.25) is 5.91 Å². The van der Waals surface area contributed by atoms with E-state index < -0.39 is 17.8 Å². The fourth-order valence-electron chi connectivity index (χ4n) is 2.36. The van der Waals surface area contributed by atoms with E-state index in [-0.39, 0.29) is 5.91 Å². The van der Waals surface area contributed by atoms with Gasteiger partial charge in [-0.15, -0.1) is 0 Å². The molecule has 1 amide bonds. The SMILES string of the molecule is O=C(CC1CC1)N[C@H](c1cccc(C(F)(F)F)c1)c1ncn[nH]1. The predicted octanol–water partition coefficient (Wildman–Crippen LogP) is 2.83. The number of benzene rings is 1. The molecule has 23 heavy (non-hydrogen) atoms. The van der Waals surface area contributed by atoms with Crippen molar-refractivity contribution in [3.05, 3.63) is 47.5 Å². The molecule has 0 spiro atoms. The van der Waals surface area contributed by atoms with E-state index in [9.17, 15) is 18.0 Å². The molecule has 1 aliphatic rings. The molecule has 1 aromatic carbocycles. The Morgan fingerprint density at radius 3 is 2.78 bits per heavy atom. The number of alkyl halides is 3. The summed E-state index contributed by atoms with van der Waals surface area (Å²) in [7, 11) is 0. The average Bonchev–Trinajstić information content (AvgIpc) is 3.14. The Morgan fingerprint density at radius 2 is 2.17 bits per heavy atom. The van der Waals surface area contributed by atoms with Crippen LogP contribution in [0.5, 0.6) is 0 Å². The molecule has 0 aliphatic heterocycles. The molecule has 1 saturated carbocycles. The lowest BCUT2D eigenvalue weighted by Crippen LogP contribution is -2.30. The first-order valence-corrected chi connectivity index (χ1v) is 7.25. The molecule has 3 rings (SSSR count). The largest absolute Gasteiger partial charge is 0.416 e. The zero-order valence-electron chi connectivity index (χ0n) is 12.1. The summed E-state index contributed by atoms with van der Waals surface area (Å²) in [6.07, 6.45) is -0.777. The molecule has 1 fully saturated rings. The molecule has 1 heterocycles. The second kappa shape index (κ2) is 6.02. The van der Waals surface area contributed by atoms with Crippen LogP contribution in [0.1, 0.15) is 42.3 Å². The summed E-state index contributed by atoms with van der Waals surface area (Å²) in [6.45, 7) is 0. The Hall–Kier alpha value is -2.38. The Balaban J connectivity index is 1.87. The molecule has 5 nitrogen and oxygen atoms in total. The third-order valence-corrected chi connectivity index (χ3v) is 3.73. The highest BCUT2D eigenvalue weighted by molar-refractivity contribution is 5.77. The number of hydrogen-bond donors (Lipinski definition) is 2. The van der Waals surface area contributed by atoms with Gasteiger partial charge in [0.1, 0.15) is 12.4 Å². The zero-order chi connectivity index (χ0) is 16.4. The summed E-state index contributed by atoms with van der Waals surface area (Å²) in [5.41, 5.74) is -0.461. The summed E-state index contributed by atoms with van der Waals surface area (Å²) in [4.78, 5) is 16.0. The van der Waals surface area contributed by atoms with E-state index in [1.807, 2.05) is 0 Å². The van der Waals surface area contributed by atoms with Crippen molar-refractivity contribution in [1.82, 2.24) is 20.5 Å². The van der Waals surface area contributed by atoms with Crippen molar-refractivity contribution < 1.29 is 18.0 Å². The van der Waals surface area contributed by atoms with Gasteiger partial charge in [0.15, 0.2) is 5.82 Å². The van der Waals surface area contributed by atoms with Crippen LogP contribution in [0.4, 0.5) is 13.2 Å². The monoisotopic (exact) mass is 324 g/mol. The number of nitrogens with one attached hydrogen (secondary N) is 2. The summed E-state index contributed by atoms with van der Waals surface area (Å²) in [5.74, 6) is 0.478. The van der Waals surface area contributed by atoms with E-state index in [0.717, 1.165) is 25.0 Å². The van der Waals surface area contributed by atoms with Crippen molar-refractivity contribution in [2.45, 2.75) is 31.5 Å². The predicted molar refractivity (Wildman–Crippen MR) is 75.2 cm³/mol. The first-order chi connectivity index (χ1) is 10.9. The second-order valence-corrected chi connectivity index (χ2v) is 5.64. The van der Waals surface area contributed by atoms with Crippen LogP contribution in [0.2, 0.25) is 0 Å². The van der Waals surface area contributed by atoms with E-state index in [1.54, 1.807) is 0 Å². The molecule has 0 saturated heterocycles. The van der Waals surface area contributed by atoms with E-state index in [2.05, 4.69) is 20.5 Å². The fraction of sp³-hybridized carbons (Fsp3) is 0.400. The number of amides is 1. The summed E-state index contributed by atoms with van der Waals surface area (Å²) < 4.78 is 38.7. The Bertz CT molecular complexity index is 680. The summed E-state index contributed by atoms with van der Waals surface area (Å²) >= 11 is 0. The quantitative estimate of drug-likeness (QED) is 0.888. The first kappa shape index (κ1) is 15.5. The lowest BCUT2D eigenvalue weighted by molar-refractivity contribution is -0.137. The third kappa shape index (κ3) is 3.88. The highest BCUT2D eigenvalue weighted by Crippen LogP contribution is 2.33. The van der Waals surface area contributed by atoms with Gasteiger partial charge in [0.25, 0.3) is 0 Å². The number of hydrogen-bond acceptors (Lipinski definition) is 3. The topological polar surface area (TPSA) is 70.7 Å². The van der Waals surface area contributed by atoms with E-state index in [4.69, 9.17) is 0 Å². The Labute approximate surface area is 130 Å². The first-order valence-electron chi connectivity index (χ1n) is 7.25. The lowest BCUT2D eigenvalue weighted by Gasteiger charge is -2.18. The molecule has 8 heteroatoms. The maximum atomic E-state index is 12.9. The van der Waals surface area contributed by atoms with Gasteiger partial charge in [0, 0.05) is 6.42 Å². The van der Waals surface area contributed by atoms with Crippen LogP contribution in [0.25, 0.3) is 0 Å². The van der Waals surface area contributed by atoms with Crippen molar-refractivity contribution >= 4 is 5.91 Å². The number of carbonyl (C=O) groups excluding carboxylic acids is 1. The molecule has 0 unspecified atom stereocenters. The number of aromatic nitrogens is 3. The van der Waals surface area contributed by atoms with Crippen LogP contribution in [-0.4, -0.2) is 21.1 Å². The van der Waals surface area contributed by atoms with Crippen molar-refractivity contribution in [3.63, 3.8) is 0 Å². The van der Waals surface area contributed by atoms with E-state index >= 15 is 0 Å². The zero-order valence-corrected chi connectivity index (χ0v) is 12.1. The van der Waals surface area contributed by atoms with E-state index in [1.165, 1.54) is 18.5 Å². The molecule has 1 aliphatic carbocycles. The number of nitrogens with zero attached hydrogens (tertiary/aromatic N) is 2. The Morgan fingerprint density at radius 1 is 1.39 bits per heavy atom. The number of rotatable bonds is 5. The summed E-state index contributed by atoms with van der Waals surface area (Å²) in [5, 5.41) is 9.07. The minimum Gasteiger partial charge on any atom is -0.342 e. The number of H-pyrrole nitrogens is 1. The van der Waals surface area contributed by atoms with E-state index in [0.29, 0.717) is 23.7 Å². The molecule has 2 aromatic rings. The molecular formula is C15H15F3N4O. The van der Waals surface area contributed by atoms with Crippen molar-refractivity contribution in [2.75, 3.05) is 0 Å². The van der Waals surface area contributed by atoms with Gasteiger partial charge in [-0.1, -0.05) is 12.1 Å². The molecule has 0 bridgehead atoms. The highest BCUT2D eigenvalue weighted by Gasteiger charge is 2.32. The normalized spacial score (nSPS) is 16.1. The minimum absolute atomic E-state index is 0.202. The third-order valence-electron chi connectivity index (χ3n) is 3.73. The van der Waals surface area contributed by atoms with Crippen LogP contribution in [-0.2, 0) is 11.0 Å². The number of carbonyl (C=O) groups is 1. The smallest absolute Gasteiger partial charge is 0.342 e. The van der Waals surface area contributed by atoms with Gasteiger partial charge in [-0.3, -0.25) is 9.89 Å². The van der Waals surface area contributed by atoms with Gasteiger partial charge < -0.3 is 5.32 Å². The maximum Gasteiger partial charge on any atom is 0.416 e. The van der Waals surface area contributed by atoms with Crippen LogP contribution in [0, 0.1) is 5.92 Å². The molecular weight excluding hydrogens is 309 g/mol. The molecule has 0 radical (unpaired) electrons. The molecule has 1 atom stereocenters. The van der Waals surface area contributed by atoms with Crippen LogP contribution in [0.15, 0.2) is 30.6 Å². The lowest BCUT2D eigenvalue weighted by atomic mass is 10.0. The van der Waals surface area contributed by atoms with Gasteiger partial charge >= 0.3 is 6.18 Å². The number of halogens is 3. The van der Waals surface area contributed by atoms with Gasteiger partial charge in [-0.25, -0.2) is 4.98 Å². The maximum absolute atomic E-state index is 12.9. The molecule has 122 valence electrons.